The molecule has 2 atom stereocenters. The molecule has 0 radical (unpaired) electrons. The summed E-state index contributed by atoms with van der Waals surface area (Å²) >= 11 is 0. The molecule has 2 heterocycles. The molecule has 1 fully saturated rings. The number of aliphatic hydroxyl groups is 1. The summed E-state index contributed by atoms with van der Waals surface area (Å²) in [5, 5.41) is 8.95. The van der Waals surface area contributed by atoms with Gasteiger partial charge in [-0.1, -0.05) is 0 Å². The van der Waals surface area contributed by atoms with Crippen LogP contribution in [0.15, 0.2) is 15.8 Å². The van der Waals surface area contributed by atoms with Crippen molar-refractivity contribution in [1.82, 2.24) is 9.13 Å². The first-order chi connectivity index (χ1) is 9.71. The molecular formula is C11H12F4N2O4. The van der Waals surface area contributed by atoms with Gasteiger partial charge in [0, 0.05) is 6.61 Å². The summed E-state index contributed by atoms with van der Waals surface area (Å²) in [7, 11) is 0. The van der Waals surface area contributed by atoms with Crippen LogP contribution in [0.5, 0.6) is 0 Å². The Hall–Kier alpha value is -1.68. The number of hydrogen-bond donors (Lipinski definition) is 1. The van der Waals surface area contributed by atoms with Crippen molar-refractivity contribution in [2.75, 3.05) is 6.61 Å². The molecule has 0 spiro atoms. The van der Waals surface area contributed by atoms with Crippen molar-refractivity contribution in [3.63, 3.8) is 0 Å². The lowest BCUT2D eigenvalue weighted by Crippen LogP contribution is -2.47. The molecular weight excluding hydrogens is 300 g/mol. The zero-order valence-corrected chi connectivity index (χ0v) is 10.6. The summed E-state index contributed by atoms with van der Waals surface area (Å²) in [6.45, 7) is -1.05. The van der Waals surface area contributed by atoms with E-state index >= 15 is 0 Å². The van der Waals surface area contributed by atoms with E-state index < -0.39 is 42.1 Å². The van der Waals surface area contributed by atoms with E-state index in [0.717, 1.165) is 4.57 Å². The number of aromatic nitrogens is 2. The highest BCUT2D eigenvalue weighted by molar-refractivity contribution is 4.92. The lowest BCUT2D eigenvalue weighted by Gasteiger charge is -2.18. The molecule has 1 aliphatic rings. The molecule has 118 valence electrons. The second-order valence-corrected chi connectivity index (χ2v) is 4.61. The van der Waals surface area contributed by atoms with Crippen molar-refractivity contribution in [2.45, 2.75) is 37.9 Å². The van der Waals surface area contributed by atoms with Gasteiger partial charge in [0.1, 0.15) is 6.23 Å². The zero-order chi connectivity index (χ0) is 15.8. The van der Waals surface area contributed by atoms with E-state index in [1.165, 1.54) is 0 Å². The van der Waals surface area contributed by atoms with Gasteiger partial charge in [-0.3, -0.25) is 13.9 Å². The monoisotopic (exact) mass is 312 g/mol. The first-order valence-electron chi connectivity index (χ1n) is 6.09. The molecule has 1 N–H and O–H groups in total. The normalized spacial score (nSPS) is 20.7. The van der Waals surface area contributed by atoms with Gasteiger partial charge in [-0.25, -0.2) is 4.79 Å². The Kier molecular flexibility index (Phi) is 4.19. The van der Waals surface area contributed by atoms with E-state index in [1.807, 2.05) is 0 Å². The smallest absolute Gasteiger partial charge is 0.382 e. The average Bonchev–Trinajstić information content (AvgIpc) is 2.91. The van der Waals surface area contributed by atoms with Gasteiger partial charge in [0.2, 0.25) is 5.82 Å². The van der Waals surface area contributed by atoms with Crippen LogP contribution >= 0.6 is 0 Å². The van der Waals surface area contributed by atoms with Crippen LogP contribution < -0.4 is 11.2 Å². The van der Waals surface area contributed by atoms with Crippen LogP contribution in [-0.2, 0) is 11.3 Å². The predicted octanol–water partition coefficient (Wildman–Crippen LogP) is 0.381. The molecule has 0 amide bonds. The van der Waals surface area contributed by atoms with Crippen LogP contribution in [0.4, 0.5) is 17.6 Å². The standard InChI is InChI=1S/C11H12F4N2O4/c12-6-4-16(8-2-1-3-21-8)10(20)17(9(6)19)5-7(18)11(13,14)15/h4,7-8,18H,1-3,5H2/t7-,8+/m1/s1. The van der Waals surface area contributed by atoms with E-state index in [1.54, 1.807) is 0 Å². The molecule has 6 nitrogen and oxygen atoms in total. The summed E-state index contributed by atoms with van der Waals surface area (Å²) in [4.78, 5) is 23.5. The summed E-state index contributed by atoms with van der Waals surface area (Å²) in [6, 6.07) is 0. The van der Waals surface area contributed by atoms with Crippen molar-refractivity contribution in [1.29, 1.82) is 0 Å². The fraction of sp³-hybridized carbons (Fsp3) is 0.636. The van der Waals surface area contributed by atoms with Gasteiger partial charge in [0.15, 0.2) is 6.10 Å². The third-order valence-corrected chi connectivity index (χ3v) is 3.10. The van der Waals surface area contributed by atoms with Crippen LogP contribution in [-0.4, -0.2) is 33.1 Å². The minimum atomic E-state index is -5.02. The fourth-order valence-electron chi connectivity index (χ4n) is 2.01. The number of nitrogens with zero attached hydrogens (tertiary/aromatic N) is 2. The SMILES string of the molecule is O=c1c(F)cn([C@@H]2CCCO2)c(=O)n1C[C@@H](O)C(F)(F)F. The van der Waals surface area contributed by atoms with E-state index in [4.69, 9.17) is 9.84 Å². The Morgan fingerprint density at radius 1 is 1.43 bits per heavy atom. The Bertz CT molecular complexity index is 631. The van der Waals surface area contributed by atoms with E-state index in [2.05, 4.69) is 0 Å². The highest BCUT2D eigenvalue weighted by Gasteiger charge is 2.39. The van der Waals surface area contributed by atoms with Crippen LogP contribution in [0.1, 0.15) is 19.1 Å². The largest absolute Gasteiger partial charge is 0.416 e. The Morgan fingerprint density at radius 3 is 2.62 bits per heavy atom. The number of hydrogen-bond acceptors (Lipinski definition) is 4. The summed E-state index contributed by atoms with van der Waals surface area (Å²) in [6.07, 6.45) is -7.21. The Labute approximate surface area is 115 Å². The molecule has 0 aromatic carbocycles. The van der Waals surface area contributed by atoms with Crippen LogP contribution in [0.3, 0.4) is 0 Å². The van der Waals surface area contributed by atoms with Crippen molar-refractivity contribution >= 4 is 0 Å². The number of ether oxygens (including phenoxy) is 1. The highest BCUT2D eigenvalue weighted by atomic mass is 19.4. The number of halogens is 4. The summed E-state index contributed by atoms with van der Waals surface area (Å²) < 4.78 is 56.3. The van der Waals surface area contributed by atoms with Crippen molar-refractivity contribution in [3.05, 3.63) is 32.9 Å². The van der Waals surface area contributed by atoms with Crippen molar-refractivity contribution in [3.8, 4) is 0 Å². The predicted molar refractivity (Wildman–Crippen MR) is 61.2 cm³/mol. The molecule has 2 rings (SSSR count). The molecule has 21 heavy (non-hydrogen) atoms. The third kappa shape index (κ3) is 3.16. The second-order valence-electron chi connectivity index (χ2n) is 4.61. The molecule has 0 aliphatic carbocycles. The molecule has 10 heteroatoms. The van der Waals surface area contributed by atoms with Gasteiger partial charge in [-0.05, 0) is 12.8 Å². The molecule has 1 aliphatic heterocycles. The minimum absolute atomic E-state index is 0.0230. The number of alkyl halides is 3. The maximum atomic E-state index is 13.5. The van der Waals surface area contributed by atoms with Gasteiger partial charge < -0.3 is 9.84 Å². The van der Waals surface area contributed by atoms with Crippen molar-refractivity contribution < 1.29 is 27.4 Å². The average molecular weight is 312 g/mol. The quantitative estimate of drug-likeness (QED) is 0.819. The molecule has 1 aromatic rings. The lowest BCUT2D eigenvalue weighted by atomic mass is 10.3. The van der Waals surface area contributed by atoms with Gasteiger partial charge in [-0.2, -0.15) is 17.6 Å². The van der Waals surface area contributed by atoms with Crippen LogP contribution in [0.2, 0.25) is 0 Å². The van der Waals surface area contributed by atoms with E-state index in [0.29, 0.717) is 25.6 Å². The summed E-state index contributed by atoms with van der Waals surface area (Å²) in [5.74, 6) is -1.39. The molecule has 1 saturated heterocycles. The zero-order valence-electron chi connectivity index (χ0n) is 10.6. The topological polar surface area (TPSA) is 73.5 Å². The first kappa shape index (κ1) is 15.7. The second kappa shape index (κ2) is 5.60. The molecule has 0 bridgehead atoms. The van der Waals surface area contributed by atoms with Gasteiger partial charge in [0.05, 0.1) is 12.7 Å². The minimum Gasteiger partial charge on any atom is -0.382 e. The fourth-order valence-corrected chi connectivity index (χ4v) is 2.01. The number of rotatable bonds is 3. The maximum absolute atomic E-state index is 13.5. The highest BCUT2D eigenvalue weighted by Crippen LogP contribution is 2.22. The number of aliphatic hydroxyl groups excluding tert-OH is 1. The van der Waals surface area contributed by atoms with E-state index in [-0.39, 0.29) is 4.57 Å². The van der Waals surface area contributed by atoms with Gasteiger partial charge in [0.25, 0.3) is 5.56 Å². The molecule has 0 unspecified atom stereocenters. The van der Waals surface area contributed by atoms with Crippen LogP contribution in [0.25, 0.3) is 0 Å². The third-order valence-electron chi connectivity index (χ3n) is 3.10. The van der Waals surface area contributed by atoms with Crippen LogP contribution in [0, 0.1) is 5.82 Å². The Balaban J connectivity index is 2.45. The van der Waals surface area contributed by atoms with Gasteiger partial charge >= 0.3 is 11.9 Å². The lowest BCUT2D eigenvalue weighted by molar-refractivity contribution is -0.207. The maximum Gasteiger partial charge on any atom is 0.416 e. The van der Waals surface area contributed by atoms with Crippen molar-refractivity contribution in [2.24, 2.45) is 0 Å². The summed E-state index contributed by atoms with van der Waals surface area (Å²) in [5.41, 5.74) is -2.67. The van der Waals surface area contributed by atoms with E-state index in [9.17, 15) is 27.2 Å². The first-order valence-corrected chi connectivity index (χ1v) is 6.09. The van der Waals surface area contributed by atoms with Gasteiger partial charge in [-0.15, -0.1) is 0 Å². The molecule has 0 saturated carbocycles. The molecule has 1 aromatic heterocycles. The Morgan fingerprint density at radius 2 is 2.10 bits per heavy atom.